The molecule has 2 aromatic heterocycles. The van der Waals surface area contributed by atoms with Gasteiger partial charge in [-0.3, -0.25) is 14.6 Å². The lowest BCUT2D eigenvalue weighted by Gasteiger charge is -2.12. The fraction of sp³-hybridized carbons (Fsp3) is 0.217. The van der Waals surface area contributed by atoms with Crippen molar-refractivity contribution < 1.29 is 9.53 Å². The third kappa shape index (κ3) is 4.10. The molecule has 162 valence electrons. The third-order valence-corrected chi connectivity index (χ3v) is 5.32. The number of H-pyrrole nitrogens is 1. The minimum atomic E-state index is -0.382. The number of hydrogen-bond donors (Lipinski definition) is 3. The number of para-hydroxylation sites is 1. The fourth-order valence-electron chi connectivity index (χ4n) is 3.71. The molecule has 3 heterocycles. The Hall–Kier alpha value is -3.98. The average Bonchev–Trinajstić information content (AvgIpc) is 3.49. The summed E-state index contributed by atoms with van der Waals surface area (Å²) in [5.41, 5.74) is 2.65. The van der Waals surface area contributed by atoms with E-state index in [9.17, 15) is 9.59 Å². The highest BCUT2D eigenvalue weighted by atomic mass is 16.5. The molecule has 32 heavy (non-hydrogen) atoms. The maximum atomic E-state index is 12.5. The second kappa shape index (κ2) is 8.64. The van der Waals surface area contributed by atoms with Crippen LogP contribution < -0.4 is 16.2 Å². The van der Waals surface area contributed by atoms with Crippen LogP contribution >= 0.6 is 0 Å². The highest BCUT2D eigenvalue weighted by Crippen LogP contribution is 2.18. The van der Waals surface area contributed by atoms with Crippen molar-refractivity contribution in [3.05, 3.63) is 76.7 Å². The summed E-state index contributed by atoms with van der Waals surface area (Å²) in [6.07, 6.45) is 2.78. The Balaban J connectivity index is 1.33. The van der Waals surface area contributed by atoms with Gasteiger partial charge in [0.15, 0.2) is 5.65 Å². The molecular formula is C23H22N6O3. The largest absolute Gasteiger partial charge is 0.368 e. The first kappa shape index (κ1) is 20.0. The molecule has 0 aliphatic carbocycles. The second-order valence-corrected chi connectivity index (χ2v) is 7.59. The Morgan fingerprint density at radius 1 is 1.19 bits per heavy atom. The number of carbonyl (C=O) groups excluding carboxylic acids is 1. The number of benzene rings is 2. The van der Waals surface area contributed by atoms with Gasteiger partial charge in [-0.05, 0) is 42.7 Å². The first-order chi connectivity index (χ1) is 15.7. The van der Waals surface area contributed by atoms with Crippen LogP contribution in [-0.2, 0) is 16.1 Å². The summed E-state index contributed by atoms with van der Waals surface area (Å²) in [6, 6.07) is 17.0. The van der Waals surface area contributed by atoms with Crippen molar-refractivity contribution >= 4 is 28.6 Å². The molecule has 2 aromatic carbocycles. The van der Waals surface area contributed by atoms with E-state index in [2.05, 4.69) is 25.7 Å². The van der Waals surface area contributed by atoms with Gasteiger partial charge in [0.1, 0.15) is 11.5 Å². The van der Waals surface area contributed by atoms with E-state index < -0.39 is 0 Å². The maximum Gasteiger partial charge on any atom is 0.263 e. The van der Waals surface area contributed by atoms with E-state index in [0.717, 1.165) is 24.1 Å². The number of hydrogen-bond acceptors (Lipinski definition) is 6. The van der Waals surface area contributed by atoms with Gasteiger partial charge >= 0.3 is 0 Å². The van der Waals surface area contributed by atoms with Gasteiger partial charge in [-0.2, -0.15) is 10.1 Å². The molecule has 1 atom stereocenters. The minimum absolute atomic E-state index is 0.127. The first-order valence-corrected chi connectivity index (χ1v) is 10.5. The number of rotatable bonds is 6. The number of aromatic amines is 1. The van der Waals surface area contributed by atoms with Crippen LogP contribution in [0, 0.1) is 0 Å². The van der Waals surface area contributed by atoms with Gasteiger partial charge in [0.25, 0.3) is 11.5 Å². The quantitative estimate of drug-likeness (QED) is 0.433. The van der Waals surface area contributed by atoms with Crippen LogP contribution in [0.5, 0.6) is 0 Å². The van der Waals surface area contributed by atoms with E-state index in [1.165, 1.54) is 6.20 Å². The van der Waals surface area contributed by atoms with Gasteiger partial charge in [-0.15, -0.1) is 0 Å². The van der Waals surface area contributed by atoms with Gasteiger partial charge in [0.2, 0.25) is 5.95 Å². The maximum absolute atomic E-state index is 12.5. The summed E-state index contributed by atoms with van der Waals surface area (Å²) in [5.74, 6) is 0.215. The van der Waals surface area contributed by atoms with Crippen molar-refractivity contribution in [1.82, 2.24) is 19.7 Å². The Morgan fingerprint density at radius 3 is 2.88 bits per heavy atom. The zero-order valence-electron chi connectivity index (χ0n) is 17.2. The van der Waals surface area contributed by atoms with Crippen molar-refractivity contribution in [2.45, 2.75) is 25.5 Å². The molecule has 0 spiro atoms. The molecule has 1 unspecified atom stereocenters. The molecule has 0 radical (unpaired) electrons. The predicted octanol–water partition coefficient (Wildman–Crippen LogP) is 2.84. The topological polar surface area (TPSA) is 114 Å². The second-order valence-electron chi connectivity index (χ2n) is 7.59. The monoisotopic (exact) mass is 430 g/mol. The molecule has 5 rings (SSSR count). The first-order valence-electron chi connectivity index (χ1n) is 10.5. The SMILES string of the molecule is O=C(Nc1cccc(CNc2nc3c(cnn3-c3ccccc3)c(=O)[nH]2)c1)C1CCCO1. The van der Waals surface area contributed by atoms with Crippen molar-refractivity contribution in [3.63, 3.8) is 0 Å². The highest BCUT2D eigenvalue weighted by molar-refractivity contribution is 5.94. The third-order valence-electron chi connectivity index (χ3n) is 5.32. The van der Waals surface area contributed by atoms with Crippen LogP contribution in [0.15, 0.2) is 65.6 Å². The highest BCUT2D eigenvalue weighted by Gasteiger charge is 2.23. The van der Waals surface area contributed by atoms with Crippen LogP contribution in [0.1, 0.15) is 18.4 Å². The lowest BCUT2D eigenvalue weighted by Crippen LogP contribution is -2.26. The van der Waals surface area contributed by atoms with E-state index in [1.54, 1.807) is 4.68 Å². The summed E-state index contributed by atoms with van der Waals surface area (Å²) < 4.78 is 7.07. The number of nitrogens with one attached hydrogen (secondary N) is 3. The standard InChI is InChI=1S/C23H22N6O3/c30-21-18-14-25-29(17-8-2-1-3-9-17)20(18)27-23(28-21)24-13-15-6-4-7-16(12-15)26-22(31)19-10-5-11-32-19/h1-4,6-9,12,14,19H,5,10-11,13H2,(H,26,31)(H2,24,27,28,30). The van der Waals surface area contributed by atoms with E-state index in [1.807, 2.05) is 54.6 Å². The summed E-state index contributed by atoms with van der Waals surface area (Å²) >= 11 is 0. The Morgan fingerprint density at radius 2 is 2.06 bits per heavy atom. The molecule has 1 fully saturated rings. The van der Waals surface area contributed by atoms with Crippen LogP contribution in [0.3, 0.4) is 0 Å². The molecule has 9 heteroatoms. The van der Waals surface area contributed by atoms with Crippen LogP contribution in [0.25, 0.3) is 16.7 Å². The molecule has 1 aliphatic rings. The summed E-state index contributed by atoms with van der Waals surface area (Å²) in [6.45, 7) is 1.04. The number of ether oxygens (including phenoxy) is 1. The van der Waals surface area contributed by atoms with Crippen molar-refractivity contribution in [2.75, 3.05) is 17.2 Å². The molecule has 1 amide bonds. The van der Waals surface area contributed by atoms with E-state index in [4.69, 9.17) is 4.74 Å². The van der Waals surface area contributed by atoms with Gasteiger partial charge in [-0.25, -0.2) is 4.68 Å². The zero-order chi connectivity index (χ0) is 21.9. The molecular weight excluding hydrogens is 408 g/mol. The van der Waals surface area contributed by atoms with Crippen molar-refractivity contribution in [2.24, 2.45) is 0 Å². The van der Waals surface area contributed by atoms with Gasteiger partial charge in [0.05, 0.1) is 11.9 Å². The summed E-state index contributed by atoms with van der Waals surface area (Å²) in [7, 11) is 0. The van der Waals surface area contributed by atoms with E-state index in [-0.39, 0.29) is 17.6 Å². The molecule has 3 N–H and O–H groups in total. The summed E-state index contributed by atoms with van der Waals surface area (Å²) in [4.78, 5) is 32.1. The lowest BCUT2D eigenvalue weighted by molar-refractivity contribution is -0.124. The van der Waals surface area contributed by atoms with Crippen LogP contribution in [0.2, 0.25) is 0 Å². The number of anilines is 2. The number of aromatic nitrogens is 4. The fourth-order valence-corrected chi connectivity index (χ4v) is 3.71. The van der Waals surface area contributed by atoms with Crippen LogP contribution in [0.4, 0.5) is 11.6 Å². The summed E-state index contributed by atoms with van der Waals surface area (Å²) in [5, 5.41) is 10.8. The van der Waals surface area contributed by atoms with Gasteiger partial charge in [-0.1, -0.05) is 30.3 Å². The average molecular weight is 430 g/mol. The van der Waals surface area contributed by atoms with Gasteiger partial charge < -0.3 is 15.4 Å². The molecule has 9 nitrogen and oxygen atoms in total. The predicted molar refractivity (Wildman–Crippen MR) is 121 cm³/mol. The normalized spacial score (nSPS) is 15.7. The number of nitrogens with zero attached hydrogens (tertiary/aromatic N) is 3. The smallest absolute Gasteiger partial charge is 0.263 e. The Labute approximate surface area is 183 Å². The lowest BCUT2D eigenvalue weighted by atomic mass is 10.2. The number of carbonyl (C=O) groups is 1. The number of amides is 1. The Kier molecular flexibility index (Phi) is 5.39. The molecule has 1 aliphatic heterocycles. The molecule has 0 saturated carbocycles. The van der Waals surface area contributed by atoms with Gasteiger partial charge in [0, 0.05) is 18.8 Å². The zero-order valence-corrected chi connectivity index (χ0v) is 17.2. The van der Waals surface area contributed by atoms with E-state index in [0.29, 0.717) is 35.8 Å². The minimum Gasteiger partial charge on any atom is -0.368 e. The van der Waals surface area contributed by atoms with Crippen LogP contribution in [-0.4, -0.2) is 38.4 Å². The molecule has 4 aromatic rings. The molecule has 0 bridgehead atoms. The number of fused-ring (bicyclic) bond motifs is 1. The van der Waals surface area contributed by atoms with Crippen molar-refractivity contribution in [1.29, 1.82) is 0 Å². The molecule has 1 saturated heterocycles. The van der Waals surface area contributed by atoms with E-state index >= 15 is 0 Å². The Bertz CT molecular complexity index is 1310. The van der Waals surface area contributed by atoms with Crippen molar-refractivity contribution in [3.8, 4) is 5.69 Å².